The summed E-state index contributed by atoms with van der Waals surface area (Å²) in [5.41, 5.74) is 0.245. The number of rotatable bonds is 21. The van der Waals surface area contributed by atoms with Gasteiger partial charge in [0.05, 0.1) is 18.6 Å². The van der Waals surface area contributed by atoms with E-state index in [0.29, 0.717) is 30.2 Å². The Morgan fingerprint density at radius 1 is 1.04 bits per heavy atom. The van der Waals surface area contributed by atoms with Crippen LogP contribution in [0, 0.1) is 23.2 Å². The van der Waals surface area contributed by atoms with Crippen LogP contribution in [0.1, 0.15) is 80.6 Å². The highest BCUT2D eigenvalue weighted by Gasteiger charge is 2.37. The number of allylic oxidation sites excluding steroid dienone is 1. The van der Waals surface area contributed by atoms with E-state index in [2.05, 4.69) is 53.5 Å². The molecule has 264 valence electrons. The third kappa shape index (κ3) is 13.9. The van der Waals surface area contributed by atoms with Crippen LogP contribution in [0.15, 0.2) is 12.3 Å². The van der Waals surface area contributed by atoms with E-state index in [9.17, 15) is 24.0 Å². The van der Waals surface area contributed by atoms with Crippen molar-refractivity contribution in [1.82, 2.24) is 26.2 Å². The number of carboxylic acid groups (broad SMARTS) is 1. The summed E-state index contributed by atoms with van der Waals surface area (Å²) < 4.78 is 5.26. The first-order valence-corrected chi connectivity index (χ1v) is 17.7. The standard InChI is InChI=1S/C33H59N5O7S/c1-20(2)16-33(8,17-22(5)29(40)27-12-11-14-38(27)9)24(7)34-18-28(39)36-25(13-15-46-10)30(41)35-23(6)31(42)45-19-26(21(3)4)37-32(43)44/h20-23,25-27,34,37H,7,11-19H2,1-6,8-10H3,(H,35,41)(H,36,39)(H,43,44)/t22-,23+,25+,26?,27+,33?/m1/s1. The van der Waals surface area contributed by atoms with Gasteiger partial charge in [-0.05, 0) is 76.5 Å². The molecular weight excluding hydrogens is 610 g/mol. The third-order valence-electron chi connectivity index (χ3n) is 8.63. The van der Waals surface area contributed by atoms with Crippen LogP contribution >= 0.6 is 11.8 Å². The van der Waals surface area contributed by atoms with Gasteiger partial charge in [-0.25, -0.2) is 9.59 Å². The number of carbonyl (C=O) groups is 5. The van der Waals surface area contributed by atoms with E-state index in [4.69, 9.17) is 9.84 Å². The normalized spacial score (nSPS) is 19.0. The Balaban J connectivity index is 2.82. The van der Waals surface area contributed by atoms with Gasteiger partial charge in [0.15, 0.2) is 5.78 Å². The van der Waals surface area contributed by atoms with Crippen LogP contribution in [0.5, 0.6) is 0 Å². The first kappa shape index (κ1) is 41.2. The average molecular weight is 670 g/mol. The number of hydrogen-bond acceptors (Lipinski definition) is 9. The van der Waals surface area contributed by atoms with Crippen molar-refractivity contribution in [3.05, 3.63) is 12.3 Å². The van der Waals surface area contributed by atoms with Crippen molar-refractivity contribution in [2.45, 2.75) is 105 Å². The monoisotopic (exact) mass is 669 g/mol. The van der Waals surface area contributed by atoms with Gasteiger partial charge < -0.3 is 31.1 Å². The Hall–Kier alpha value is -2.80. The number of thioether (sulfide) groups is 1. The molecule has 1 fully saturated rings. The minimum atomic E-state index is -1.22. The maximum atomic E-state index is 13.3. The smallest absolute Gasteiger partial charge is 0.405 e. The van der Waals surface area contributed by atoms with Crippen LogP contribution in [0.4, 0.5) is 4.79 Å². The van der Waals surface area contributed by atoms with Gasteiger partial charge in [0.2, 0.25) is 11.8 Å². The topological polar surface area (TPSA) is 166 Å². The molecule has 2 unspecified atom stereocenters. The number of esters is 1. The molecule has 6 atom stereocenters. The van der Waals surface area contributed by atoms with E-state index in [0.717, 1.165) is 25.8 Å². The van der Waals surface area contributed by atoms with Crippen LogP contribution < -0.4 is 21.3 Å². The van der Waals surface area contributed by atoms with Gasteiger partial charge in [0.25, 0.3) is 0 Å². The molecule has 1 aliphatic heterocycles. The van der Waals surface area contributed by atoms with Crippen molar-refractivity contribution >= 4 is 41.4 Å². The molecule has 1 saturated heterocycles. The predicted molar refractivity (Wildman–Crippen MR) is 182 cm³/mol. The molecule has 0 radical (unpaired) electrons. The Kier molecular flexibility index (Phi) is 17.7. The van der Waals surface area contributed by atoms with Crippen molar-refractivity contribution in [3.63, 3.8) is 0 Å². The third-order valence-corrected chi connectivity index (χ3v) is 9.28. The molecule has 1 heterocycles. The average Bonchev–Trinajstić information content (AvgIpc) is 3.39. The van der Waals surface area contributed by atoms with Crippen molar-refractivity contribution in [2.24, 2.45) is 23.2 Å². The summed E-state index contributed by atoms with van der Waals surface area (Å²) in [5, 5.41) is 19.9. The first-order valence-electron chi connectivity index (χ1n) is 16.3. The SMILES string of the molecule is C=C(NCC(=O)N[C@@H](CCSC)C(=O)N[C@@H](C)C(=O)OCC(NC(=O)O)C(C)C)C(C)(CC(C)C)C[C@@H](C)C(=O)[C@@H]1CCCN1C. The van der Waals surface area contributed by atoms with Crippen molar-refractivity contribution in [1.29, 1.82) is 0 Å². The zero-order valence-corrected chi connectivity index (χ0v) is 30.2. The molecule has 13 heteroatoms. The van der Waals surface area contributed by atoms with Gasteiger partial charge in [0, 0.05) is 17.0 Å². The van der Waals surface area contributed by atoms with E-state index in [1.54, 1.807) is 13.8 Å². The highest BCUT2D eigenvalue weighted by molar-refractivity contribution is 7.98. The van der Waals surface area contributed by atoms with E-state index >= 15 is 0 Å². The lowest BCUT2D eigenvalue weighted by Gasteiger charge is -2.37. The molecule has 12 nitrogen and oxygen atoms in total. The van der Waals surface area contributed by atoms with Gasteiger partial charge in [-0.2, -0.15) is 11.8 Å². The Morgan fingerprint density at radius 2 is 1.70 bits per heavy atom. The number of amides is 3. The molecule has 0 bridgehead atoms. The van der Waals surface area contributed by atoms with E-state index in [1.807, 2.05) is 20.2 Å². The molecule has 0 aromatic heterocycles. The number of nitrogens with one attached hydrogen (secondary N) is 4. The fourth-order valence-electron chi connectivity index (χ4n) is 5.98. The van der Waals surface area contributed by atoms with Crippen LogP contribution in [0.25, 0.3) is 0 Å². The number of carbonyl (C=O) groups excluding carboxylic acids is 4. The van der Waals surface area contributed by atoms with Gasteiger partial charge in [-0.3, -0.25) is 19.3 Å². The van der Waals surface area contributed by atoms with Crippen LogP contribution in [0.3, 0.4) is 0 Å². The lowest BCUT2D eigenvalue weighted by atomic mass is 9.72. The molecular formula is C33H59N5O7S. The van der Waals surface area contributed by atoms with Gasteiger partial charge in [-0.15, -0.1) is 0 Å². The zero-order valence-electron chi connectivity index (χ0n) is 29.4. The highest BCUT2D eigenvalue weighted by Crippen LogP contribution is 2.39. The zero-order chi connectivity index (χ0) is 35.2. The second-order valence-corrected chi connectivity index (χ2v) is 14.7. The summed E-state index contributed by atoms with van der Waals surface area (Å²) in [5.74, 6) is -0.731. The van der Waals surface area contributed by atoms with E-state index < -0.39 is 47.4 Å². The summed E-state index contributed by atoms with van der Waals surface area (Å²) in [6, 6.07) is -2.54. The van der Waals surface area contributed by atoms with E-state index in [-0.39, 0.29) is 36.8 Å². The number of ether oxygens (including phenoxy) is 1. The molecule has 0 saturated carbocycles. The fraction of sp³-hybridized carbons (Fsp3) is 0.788. The lowest BCUT2D eigenvalue weighted by molar-refractivity contribution is -0.148. The van der Waals surface area contributed by atoms with Crippen LogP contribution in [0.2, 0.25) is 0 Å². The van der Waals surface area contributed by atoms with Crippen LogP contribution in [-0.2, 0) is 23.9 Å². The molecule has 0 aliphatic carbocycles. The fourth-order valence-corrected chi connectivity index (χ4v) is 6.46. The second-order valence-electron chi connectivity index (χ2n) is 13.7. The Morgan fingerprint density at radius 3 is 2.22 bits per heavy atom. The van der Waals surface area contributed by atoms with Crippen LogP contribution in [-0.4, -0.2) is 103 Å². The van der Waals surface area contributed by atoms with Crippen molar-refractivity contribution in [3.8, 4) is 0 Å². The van der Waals surface area contributed by atoms with Crippen molar-refractivity contribution in [2.75, 3.05) is 38.8 Å². The Bertz CT molecular complexity index is 1060. The minimum absolute atomic E-state index is 0.0508. The number of hydrogen-bond donors (Lipinski definition) is 5. The molecule has 0 aromatic rings. The minimum Gasteiger partial charge on any atom is -0.465 e. The predicted octanol–water partition coefficient (Wildman–Crippen LogP) is 3.41. The number of likely N-dealkylation sites (N-methyl/N-ethyl adjacent to an activating group) is 1. The molecule has 1 aliphatic rings. The molecule has 1 rings (SSSR count). The summed E-state index contributed by atoms with van der Waals surface area (Å²) in [6.07, 6.45) is 4.33. The van der Waals surface area contributed by atoms with Gasteiger partial charge in [-0.1, -0.05) is 48.1 Å². The summed E-state index contributed by atoms with van der Waals surface area (Å²) in [4.78, 5) is 65.2. The largest absolute Gasteiger partial charge is 0.465 e. The number of Topliss-reactive ketones (excluding diaryl/α,β-unsaturated/α-hetero) is 1. The van der Waals surface area contributed by atoms with E-state index in [1.165, 1.54) is 18.7 Å². The number of nitrogens with zero attached hydrogens (tertiary/aromatic N) is 1. The molecule has 0 aromatic carbocycles. The van der Waals surface area contributed by atoms with Gasteiger partial charge >= 0.3 is 12.1 Å². The van der Waals surface area contributed by atoms with Gasteiger partial charge in [0.1, 0.15) is 18.7 Å². The number of likely N-dealkylation sites (tertiary alicyclic amines) is 1. The summed E-state index contributed by atoms with van der Waals surface area (Å²) in [7, 11) is 2.00. The molecule has 0 spiro atoms. The second kappa shape index (κ2) is 19.8. The lowest BCUT2D eigenvalue weighted by Crippen LogP contribution is -2.53. The number of ketones is 1. The first-order chi connectivity index (χ1) is 21.4. The molecule has 46 heavy (non-hydrogen) atoms. The summed E-state index contributed by atoms with van der Waals surface area (Å²) >= 11 is 1.52. The highest BCUT2D eigenvalue weighted by atomic mass is 32.2. The summed E-state index contributed by atoms with van der Waals surface area (Å²) in [6.45, 7) is 18.3. The maximum Gasteiger partial charge on any atom is 0.405 e. The molecule has 3 amide bonds. The van der Waals surface area contributed by atoms with Crippen molar-refractivity contribution < 1.29 is 33.8 Å². The Labute approximate surface area is 280 Å². The maximum absolute atomic E-state index is 13.3. The quantitative estimate of drug-likeness (QED) is 0.114. The molecule has 5 N–H and O–H groups in total.